The number of benzene rings is 14. The minimum Gasteiger partial charge on any atom is -0.310 e. The van der Waals surface area contributed by atoms with Crippen LogP contribution in [0.3, 0.4) is 0 Å². The van der Waals surface area contributed by atoms with Gasteiger partial charge in [-0.25, -0.2) is 0 Å². The molecular formula is C81H56N2. The highest BCUT2D eigenvalue weighted by Gasteiger charge is 2.46. The van der Waals surface area contributed by atoms with Gasteiger partial charge in [0.1, 0.15) is 0 Å². The van der Waals surface area contributed by atoms with Crippen molar-refractivity contribution in [2.45, 2.75) is 5.41 Å². The Kier molecular flexibility index (Phi) is 12.5. The molecule has 0 unspecified atom stereocenters. The predicted octanol–water partition coefficient (Wildman–Crippen LogP) is 22.0. The third kappa shape index (κ3) is 8.68. The van der Waals surface area contributed by atoms with Gasteiger partial charge in [0, 0.05) is 34.0 Å². The molecule has 0 atom stereocenters. The third-order valence-electron chi connectivity index (χ3n) is 16.9. The molecule has 390 valence electrons. The zero-order valence-corrected chi connectivity index (χ0v) is 45.7. The van der Waals surface area contributed by atoms with E-state index in [0.29, 0.717) is 0 Å². The summed E-state index contributed by atoms with van der Waals surface area (Å²) in [4.78, 5) is 4.84. The molecule has 83 heavy (non-hydrogen) atoms. The molecule has 0 amide bonds. The number of hydrogen-bond donors (Lipinski definition) is 0. The molecule has 14 aromatic carbocycles. The summed E-state index contributed by atoms with van der Waals surface area (Å²) in [5.74, 6) is 0. The van der Waals surface area contributed by atoms with E-state index < -0.39 is 5.41 Å². The molecule has 0 aliphatic heterocycles. The second kappa shape index (κ2) is 21.0. The van der Waals surface area contributed by atoms with Crippen molar-refractivity contribution in [1.82, 2.24) is 0 Å². The molecule has 0 fully saturated rings. The second-order valence-electron chi connectivity index (χ2n) is 21.6. The van der Waals surface area contributed by atoms with Gasteiger partial charge in [-0.15, -0.1) is 0 Å². The SMILES string of the molecule is c1ccc(-c2cc3ccccc3cc2N(c2ccc(-c3ccccc3-c3ccccc3-c3ccc(N(c4ccccc4)c4ccc5ccccc5c4)cc3)cc2)c2ccc3c(c2)C(c2ccccc2)(c2ccccc2)c2ccccc2-3)cc1. The maximum Gasteiger partial charge on any atom is 0.0714 e. The van der Waals surface area contributed by atoms with Crippen molar-refractivity contribution in [2.24, 2.45) is 0 Å². The smallest absolute Gasteiger partial charge is 0.0714 e. The lowest BCUT2D eigenvalue weighted by atomic mass is 9.67. The van der Waals surface area contributed by atoms with E-state index in [0.717, 1.165) is 56.4 Å². The Bertz CT molecular complexity index is 4610. The van der Waals surface area contributed by atoms with Crippen LogP contribution in [0.5, 0.6) is 0 Å². The van der Waals surface area contributed by atoms with E-state index in [4.69, 9.17) is 0 Å². The van der Waals surface area contributed by atoms with E-state index in [2.05, 4.69) is 350 Å². The summed E-state index contributed by atoms with van der Waals surface area (Å²) < 4.78 is 0. The number of fused-ring (bicyclic) bond motifs is 5. The zero-order valence-electron chi connectivity index (χ0n) is 45.7. The van der Waals surface area contributed by atoms with Crippen LogP contribution in [0.25, 0.3) is 77.2 Å². The molecule has 0 aromatic heterocycles. The Morgan fingerprint density at radius 2 is 0.578 bits per heavy atom. The van der Waals surface area contributed by atoms with E-state index in [1.54, 1.807) is 0 Å². The summed E-state index contributed by atoms with van der Waals surface area (Å²) in [7, 11) is 0. The van der Waals surface area contributed by atoms with Gasteiger partial charge in [0.2, 0.25) is 0 Å². The first-order valence-corrected chi connectivity index (χ1v) is 28.6. The molecule has 0 bridgehead atoms. The Labute approximate surface area is 485 Å². The Morgan fingerprint density at radius 1 is 0.193 bits per heavy atom. The molecule has 1 aliphatic rings. The number of para-hydroxylation sites is 1. The lowest BCUT2D eigenvalue weighted by molar-refractivity contribution is 0.768. The van der Waals surface area contributed by atoms with Crippen LogP contribution in [-0.2, 0) is 5.41 Å². The van der Waals surface area contributed by atoms with Gasteiger partial charge < -0.3 is 9.80 Å². The predicted molar refractivity (Wildman–Crippen MR) is 350 cm³/mol. The fourth-order valence-corrected chi connectivity index (χ4v) is 13.1. The number of hydrogen-bond acceptors (Lipinski definition) is 2. The van der Waals surface area contributed by atoms with E-state index in [9.17, 15) is 0 Å². The molecular weight excluding hydrogens is 1000 g/mol. The highest BCUT2D eigenvalue weighted by Crippen LogP contribution is 2.58. The van der Waals surface area contributed by atoms with Crippen LogP contribution in [-0.4, -0.2) is 0 Å². The molecule has 0 spiro atoms. The normalized spacial score (nSPS) is 12.2. The Morgan fingerprint density at radius 3 is 1.17 bits per heavy atom. The van der Waals surface area contributed by atoms with Crippen molar-refractivity contribution in [3.8, 4) is 55.6 Å². The molecule has 2 nitrogen and oxygen atoms in total. The number of nitrogens with zero attached hydrogens (tertiary/aromatic N) is 2. The van der Waals surface area contributed by atoms with E-state index in [1.807, 2.05) is 0 Å². The summed E-state index contributed by atoms with van der Waals surface area (Å²) >= 11 is 0. The first kappa shape index (κ1) is 49.3. The van der Waals surface area contributed by atoms with Gasteiger partial charge in [-0.3, -0.25) is 0 Å². The maximum atomic E-state index is 2.49. The first-order valence-electron chi connectivity index (χ1n) is 28.6. The van der Waals surface area contributed by atoms with E-state index in [1.165, 1.54) is 77.2 Å². The fourth-order valence-electron chi connectivity index (χ4n) is 13.1. The minimum absolute atomic E-state index is 0.561. The molecule has 0 radical (unpaired) electrons. The first-order chi connectivity index (χ1) is 41.2. The molecule has 1 aliphatic carbocycles. The summed E-state index contributed by atoms with van der Waals surface area (Å²) in [6, 6.07) is 125. The number of rotatable bonds is 12. The monoisotopic (exact) mass is 1060 g/mol. The van der Waals surface area contributed by atoms with E-state index in [-0.39, 0.29) is 0 Å². The maximum absolute atomic E-state index is 2.49. The number of anilines is 6. The summed E-state index contributed by atoms with van der Waals surface area (Å²) in [5, 5.41) is 4.82. The minimum atomic E-state index is -0.561. The molecule has 0 heterocycles. The summed E-state index contributed by atoms with van der Waals surface area (Å²) in [5.41, 5.74) is 22.9. The van der Waals surface area contributed by atoms with Crippen LogP contribution < -0.4 is 9.80 Å². The van der Waals surface area contributed by atoms with Gasteiger partial charge in [-0.2, -0.15) is 0 Å². The van der Waals surface area contributed by atoms with Crippen molar-refractivity contribution in [2.75, 3.05) is 9.80 Å². The molecule has 0 N–H and O–H groups in total. The van der Waals surface area contributed by atoms with Gasteiger partial charge in [0.15, 0.2) is 0 Å². The third-order valence-corrected chi connectivity index (χ3v) is 16.9. The quantitative estimate of drug-likeness (QED) is 0.120. The molecule has 0 saturated carbocycles. The molecule has 0 saturated heterocycles. The highest BCUT2D eigenvalue weighted by molar-refractivity contribution is 6.00. The fraction of sp³-hybridized carbons (Fsp3) is 0.0123. The zero-order chi connectivity index (χ0) is 55.1. The van der Waals surface area contributed by atoms with Gasteiger partial charge in [-0.05, 0) is 167 Å². The van der Waals surface area contributed by atoms with Crippen LogP contribution >= 0.6 is 0 Å². The van der Waals surface area contributed by atoms with Crippen LogP contribution in [0.1, 0.15) is 22.3 Å². The average molecular weight is 1060 g/mol. The van der Waals surface area contributed by atoms with Crippen molar-refractivity contribution in [3.63, 3.8) is 0 Å². The van der Waals surface area contributed by atoms with Crippen molar-refractivity contribution in [3.05, 3.63) is 362 Å². The largest absolute Gasteiger partial charge is 0.310 e. The highest BCUT2D eigenvalue weighted by atomic mass is 15.1. The topological polar surface area (TPSA) is 6.48 Å². The van der Waals surface area contributed by atoms with Gasteiger partial charge in [-0.1, -0.05) is 267 Å². The Hall–Kier alpha value is -10.8. The van der Waals surface area contributed by atoms with Gasteiger partial charge in [0.05, 0.1) is 11.1 Å². The molecule has 15 rings (SSSR count). The van der Waals surface area contributed by atoms with Crippen LogP contribution in [0.4, 0.5) is 34.1 Å². The van der Waals surface area contributed by atoms with Crippen molar-refractivity contribution in [1.29, 1.82) is 0 Å². The Balaban J connectivity index is 0.857. The van der Waals surface area contributed by atoms with E-state index >= 15 is 0 Å². The summed E-state index contributed by atoms with van der Waals surface area (Å²) in [6.07, 6.45) is 0. The van der Waals surface area contributed by atoms with Crippen molar-refractivity contribution < 1.29 is 0 Å². The standard InChI is InChI=1S/C81H56N2/c1-5-24-58(25-6-1)77-54-62-27-15-16-28-63(62)55-80(77)83(70-51-52-76-75-39-21-22-40-78(75)81(79(76)56-70,64-29-7-2-8-30-64)65-31-9-3-10-32-65)68-48-44-60(45-49-68)72-36-18-20-38-74(72)73-37-19-17-35-71(73)59-42-46-67(47-43-59)82(66-33-11-4-12-34-66)69-50-41-57-23-13-14-26-61(57)53-69/h1-56H. The summed E-state index contributed by atoms with van der Waals surface area (Å²) in [6.45, 7) is 0. The lowest BCUT2D eigenvalue weighted by Crippen LogP contribution is -2.28. The second-order valence-corrected chi connectivity index (χ2v) is 21.6. The average Bonchev–Trinajstić information content (AvgIpc) is 4.13. The van der Waals surface area contributed by atoms with Crippen molar-refractivity contribution >= 4 is 55.7 Å². The van der Waals surface area contributed by atoms with Crippen LogP contribution in [0.2, 0.25) is 0 Å². The molecule has 14 aromatic rings. The lowest BCUT2D eigenvalue weighted by Gasteiger charge is -2.35. The van der Waals surface area contributed by atoms with Crippen LogP contribution in [0, 0.1) is 0 Å². The van der Waals surface area contributed by atoms with Gasteiger partial charge >= 0.3 is 0 Å². The molecule has 2 heteroatoms. The van der Waals surface area contributed by atoms with Crippen LogP contribution in [0.15, 0.2) is 340 Å². The van der Waals surface area contributed by atoms with Gasteiger partial charge in [0.25, 0.3) is 0 Å².